The normalized spacial score (nSPS) is 12.1. The fourth-order valence-electron chi connectivity index (χ4n) is 1.34. The molecule has 1 unspecified atom stereocenters. The lowest BCUT2D eigenvalue weighted by Gasteiger charge is -2.12. The van der Waals surface area contributed by atoms with Gasteiger partial charge >= 0.3 is 0 Å². The molecule has 0 spiro atoms. The van der Waals surface area contributed by atoms with Crippen LogP contribution >= 0.6 is 23.7 Å². The molecule has 0 bridgehead atoms. The molecule has 6 heteroatoms. The van der Waals surface area contributed by atoms with E-state index in [-0.39, 0.29) is 25.1 Å². The van der Waals surface area contributed by atoms with Gasteiger partial charge < -0.3 is 15.3 Å². The molecule has 0 aliphatic heterocycles. The Bertz CT molecular complexity index is 327. The van der Waals surface area contributed by atoms with Crippen LogP contribution in [0.4, 0.5) is 5.13 Å². The summed E-state index contributed by atoms with van der Waals surface area (Å²) in [5.74, 6) is 0. The maximum absolute atomic E-state index is 9.08. The van der Waals surface area contributed by atoms with Crippen molar-refractivity contribution < 1.29 is 5.11 Å². The number of hydrogen-bond acceptors (Lipinski definition) is 5. The van der Waals surface area contributed by atoms with E-state index in [0.717, 1.165) is 23.8 Å². The highest BCUT2D eigenvalue weighted by atomic mass is 35.5. The standard InChI is InChI=1S/C11H21N3OS.ClH/c1-5-9(7-15)12-6-10-8(2)13-11(16-10)14(3)4;/h9,12,15H,5-7H2,1-4H3;1H. The van der Waals surface area contributed by atoms with Crippen LogP contribution in [0.5, 0.6) is 0 Å². The molecular formula is C11H22ClN3OS. The maximum Gasteiger partial charge on any atom is 0.185 e. The van der Waals surface area contributed by atoms with Crippen LogP contribution in [0.3, 0.4) is 0 Å². The van der Waals surface area contributed by atoms with Crippen LogP contribution < -0.4 is 10.2 Å². The summed E-state index contributed by atoms with van der Waals surface area (Å²) >= 11 is 1.70. The van der Waals surface area contributed by atoms with E-state index >= 15 is 0 Å². The molecule has 1 aromatic heterocycles. The molecule has 1 atom stereocenters. The van der Waals surface area contributed by atoms with Crippen molar-refractivity contribution >= 4 is 28.9 Å². The first-order valence-corrected chi connectivity index (χ1v) is 6.38. The molecule has 17 heavy (non-hydrogen) atoms. The molecule has 0 radical (unpaired) electrons. The third-order valence-electron chi connectivity index (χ3n) is 2.53. The molecule has 0 aliphatic carbocycles. The largest absolute Gasteiger partial charge is 0.395 e. The molecule has 0 fully saturated rings. The summed E-state index contributed by atoms with van der Waals surface area (Å²) in [7, 11) is 4.00. The molecule has 1 aromatic rings. The summed E-state index contributed by atoms with van der Waals surface area (Å²) in [5, 5.41) is 13.4. The first kappa shape index (κ1) is 16.6. The number of hydrogen-bond donors (Lipinski definition) is 2. The van der Waals surface area contributed by atoms with Crippen LogP contribution in [0.2, 0.25) is 0 Å². The van der Waals surface area contributed by atoms with Gasteiger partial charge in [0.2, 0.25) is 0 Å². The van der Waals surface area contributed by atoms with Crippen LogP contribution in [0, 0.1) is 6.92 Å². The second kappa shape index (κ2) is 7.87. The predicted molar refractivity (Wildman–Crippen MR) is 76.4 cm³/mol. The number of anilines is 1. The van der Waals surface area contributed by atoms with E-state index in [9.17, 15) is 0 Å². The molecule has 0 saturated heterocycles. The molecular weight excluding hydrogens is 258 g/mol. The van der Waals surface area contributed by atoms with Gasteiger partial charge in [-0.1, -0.05) is 6.92 Å². The number of aliphatic hydroxyl groups excluding tert-OH is 1. The van der Waals surface area contributed by atoms with E-state index in [1.54, 1.807) is 11.3 Å². The van der Waals surface area contributed by atoms with E-state index in [1.165, 1.54) is 4.88 Å². The van der Waals surface area contributed by atoms with Gasteiger partial charge in [0.15, 0.2) is 5.13 Å². The summed E-state index contributed by atoms with van der Waals surface area (Å²) < 4.78 is 0. The number of aryl methyl sites for hydroxylation is 1. The molecule has 0 aromatic carbocycles. The highest BCUT2D eigenvalue weighted by molar-refractivity contribution is 7.15. The SMILES string of the molecule is CCC(CO)NCc1sc(N(C)C)nc1C.Cl. The van der Waals surface area contributed by atoms with Crippen molar-refractivity contribution in [3.63, 3.8) is 0 Å². The maximum atomic E-state index is 9.08. The highest BCUT2D eigenvalue weighted by Gasteiger charge is 2.10. The van der Waals surface area contributed by atoms with Gasteiger partial charge in [-0.15, -0.1) is 23.7 Å². The van der Waals surface area contributed by atoms with Gasteiger partial charge in [-0.05, 0) is 13.3 Å². The van der Waals surface area contributed by atoms with E-state index in [2.05, 4.69) is 17.2 Å². The third kappa shape index (κ3) is 4.79. The summed E-state index contributed by atoms with van der Waals surface area (Å²) in [4.78, 5) is 7.75. The number of nitrogens with zero attached hydrogens (tertiary/aromatic N) is 2. The lowest BCUT2D eigenvalue weighted by molar-refractivity contribution is 0.238. The van der Waals surface area contributed by atoms with Gasteiger partial charge in [0.25, 0.3) is 0 Å². The summed E-state index contributed by atoms with van der Waals surface area (Å²) in [5.41, 5.74) is 1.08. The van der Waals surface area contributed by atoms with Crippen molar-refractivity contribution in [3.05, 3.63) is 10.6 Å². The lowest BCUT2D eigenvalue weighted by atomic mass is 10.2. The molecule has 4 nitrogen and oxygen atoms in total. The van der Waals surface area contributed by atoms with Gasteiger partial charge in [0.1, 0.15) is 0 Å². The van der Waals surface area contributed by atoms with Gasteiger partial charge in [-0.2, -0.15) is 0 Å². The van der Waals surface area contributed by atoms with Crippen molar-refractivity contribution in [2.75, 3.05) is 25.6 Å². The smallest absolute Gasteiger partial charge is 0.185 e. The Morgan fingerprint density at radius 3 is 2.53 bits per heavy atom. The second-order valence-corrected chi connectivity index (χ2v) is 5.13. The third-order valence-corrected chi connectivity index (χ3v) is 3.85. The van der Waals surface area contributed by atoms with Crippen LogP contribution in [-0.4, -0.2) is 36.8 Å². The zero-order valence-electron chi connectivity index (χ0n) is 10.9. The molecule has 0 saturated carbocycles. The molecule has 2 N–H and O–H groups in total. The van der Waals surface area contributed by atoms with Crippen LogP contribution in [0.1, 0.15) is 23.9 Å². The number of nitrogens with one attached hydrogen (secondary N) is 1. The monoisotopic (exact) mass is 279 g/mol. The summed E-state index contributed by atoms with van der Waals surface area (Å²) in [6.45, 7) is 5.07. The average Bonchev–Trinajstić information content (AvgIpc) is 2.62. The Morgan fingerprint density at radius 2 is 2.12 bits per heavy atom. The number of aromatic nitrogens is 1. The van der Waals surface area contributed by atoms with Gasteiger partial charge in [0.05, 0.1) is 12.3 Å². The Kier molecular flexibility index (Phi) is 7.70. The minimum atomic E-state index is 0. The van der Waals surface area contributed by atoms with Crippen LogP contribution in [0.15, 0.2) is 0 Å². The van der Waals surface area contributed by atoms with Crippen molar-refractivity contribution in [3.8, 4) is 0 Å². The number of halogens is 1. The zero-order valence-corrected chi connectivity index (χ0v) is 12.5. The minimum Gasteiger partial charge on any atom is -0.395 e. The Morgan fingerprint density at radius 1 is 1.47 bits per heavy atom. The van der Waals surface area contributed by atoms with Crippen molar-refractivity contribution in [1.29, 1.82) is 0 Å². The first-order chi connectivity index (χ1) is 7.58. The number of aliphatic hydroxyl groups is 1. The quantitative estimate of drug-likeness (QED) is 0.834. The Hall–Kier alpha value is -0.360. The van der Waals surface area contributed by atoms with Crippen molar-refractivity contribution in [2.24, 2.45) is 0 Å². The Labute approximate surface area is 113 Å². The molecule has 0 amide bonds. The van der Waals surface area contributed by atoms with Crippen LogP contribution in [0.25, 0.3) is 0 Å². The number of rotatable bonds is 6. The highest BCUT2D eigenvalue weighted by Crippen LogP contribution is 2.24. The van der Waals surface area contributed by atoms with E-state index < -0.39 is 0 Å². The van der Waals surface area contributed by atoms with Crippen molar-refractivity contribution in [1.82, 2.24) is 10.3 Å². The van der Waals surface area contributed by atoms with E-state index in [1.807, 2.05) is 25.9 Å². The average molecular weight is 280 g/mol. The van der Waals surface area contributed by atoms with E-state index in [0.29, 0.717) is 0 Å². The molecule has 1 rings (SSSR count). The van der Waals surface area contributed by atoms with Gasteiger partial charge in [0, 0.05) is 31.6 Å². The van der Waals surface area contributed by atoms with Gasteiger partial charge in [-0.25, -0.2) is 4.98 Å². The Balaban J connectivity index is 0.00000256. The van der Waals surface area contributed by atoms with Crippen LogP contribution in [-0.2, 0) is 6.54 Å². The minimum absolute atomic E-state index is 0. The van der Waals surface area contributed by atoms with Gasteiger partial charge in [-0.3, -0.25) is 0 Å². The molecule has 100 valence electrons. The molecule has 0 aliphatic rings. The second-order valence-electron chi connectivity index (χ2n) is 4.07. The number of thiazole rings is 1. The topological polar surface area (TPSA) is 48.4 Å². The summed E-state index contributed by atoms with van der Waals surface area (Å²) in [6.07, 6.45) is 0.939. The fourth-order valence-corrected chi connectivity index (χ4v) is 2.28. The zero-order chi connectivity index (χ0) is 12.1. The fraction of sp³-hybridized carbons (Fsp3) is 0.727. The van der Waals surface area contributed by atoms with Crippen molar-refractivity contribution in [2.45, 2.75) is 32.9 Å². The predicted octanol–water partition coefficient (Wildman–Crippen LogP) is 1.80. The van der Waals surface area contributed by atoms with E-state index in [4.69, 9.17) is 5.11 Å². The molecule has 1 heterocycles. The first-order valence-electron chi connectivity index (χ1n) is 5.56. The lowest BCUT2D eigenvalue weighted by Crippen LogP contribution is -2.31. The summed E-state index contributed by atoms with van der Waals surface area (Å²) in [6, 6.07) is 0.185.